The van der Waals surface area contributed by atoms with Crippen molar-refractivity contribution in [2.24, 2.45) is 0 Å². The minimum Gasteiger partial charge on any atom is -0.458 e. The number of aliphatic hydroxyl groups is 1. The molecule has 0 saturated heterocycles. The Morgan fingerprint density at radius 3 is 3.00 bits per heavy atom. The molecule has 1 aliphatic rings. The van der Waals surface area contributed by atoms with Crippen molar-refractivity contribution < 1.29 is 19.4 Å². The Hall–Kier alpha value is -1.92. The van der Waals surface area contributed by atoms with Crippen molar-refractivity contribution in [2.45, 2.75) is 20.0 Å². The van der Waals surface area contributed by atoms with Gasteiger partial charge in [-0.3, -0.25) is 4.79 Å². The van der Waals surface area contributed by atoms with E-state index in [-0.39, 0.29) is 6.61 Å². The smallest absolute Gasteiger partial charge is 0.331 e. The number of likely N-dealkylation sites (N-methyl/N-ethyl adjacent to an activating group) is 1. The zero-order valence-electron chi connectivity index (χ0n) is 13.1. The van der Waals surface area contributed by atoms with Crippen molar-refractivity contribution in [1.29, 1.82) is 0 Å². The molecule has 1 aliphatic heterocycles. The summed E-state index contributed by atoms with van der Waals surface area (Å²) in [6, 6.07) is 0. The monoisotopic (exact) mass is 308 g/mol. The van der Waals surface area contributed by atoms with Gasteiger partial charge in [-0.1, -0.05) is 12.2 Å². The number of nitrogens with one attached hydrogen (secondary N) is 1. The van der Waals surface area contributed by atoms with Crippen LogP contribution in [0.5, 0.6) is 0 Å². The van der Waals surface area contributed by atoms with Gasteiger partial charge >= 0.3 is 5.97 Å². The van der Waals surface area contributed by atoms with Crippen molar-refractivity contribution in [2.75, 3.05) is 32.8 Å². The van der Waals surface area contributed by atoms with Gasteiger partial charge in [-0.25, -0.2) is 4.79 Å². The molecule has 0 radical (unpaired) electrons. The zero-order valence-corrected chi connectivity index (χ0v) is 13.1. The van der Waals surface area contributed by atoms with Crippen LogP contribution < -0.4 is 5.32 Å². The van der Waals surface area contributed by atoms with Crippen LogP contribution in [0.15, 0.2) is 35.5 Å². The standard InChI is InChI=1S/C16H24N2O4/c1-3-18(12-19)9-8-17-11-15(20)14-5-4-6-16(21)22-10-7-13(14)2/h4-7,12,15,17,20H,3,8-11H2,1-2H3/b6-4+,13-7+,14-5+. The zero-order chi connectivity index (χ0) is 16.4. The van der Waals surface area contributed by atoms with Crippen LogP contribution in [0.2, 0.25) is 0 Å². The summed E-state index contributed by atoms with van der Waals surface area (Å²) in [5, 5.41) is 13.4. The van der Waals surface area contributed by atoms with Crippen molar-refractivity contribution in [3.05, 3.63) is 35.5 Å². The number of carbonyl (C=O) groups excluding carboxylic acids is 2. The fourth-order valence-corrected chi connectivity index (χ4v) is 2.01. The highest BCUT2D eigenvalue weighted by molar-refractivity contribution is 5.82. The number of allylic oxidation sites excluding steroid dienone is 2. The molecule has 6 heteroatoms. The van der Waals surface area contributed by atoms with E-state index in [1.54, 1.807) is 23.1 Å². The molecule has 1 rings (SSSR count). The quantitative estimate of drug-likeness (QED) is 0.385. The van der Waals surface area contributed by atoms with Crippen molar-refractivity contribution in [3.8, 4) is 0 Å². The van der Waals surface area contributed by atoms with Crippen LogP contribution in [-0.2, 0) is 14.3 Å². The highest BCUT2D eigenvalue weighted by atomic mass is 16.5. The molecule has 0 aromatic heterocycles. The molecule has 1 amide bonds. The maximum Gasteiger partial charge on any atom is 0.331 e. The molecule has 0 bridgehead atoms. The number of cyclic esters (lactones) is 1. The number of hydrogen-bond donors (Lipinski definition) is 2. The molecule has 0 spiro atoms. The highest BCUT2D eigenvalue weighted by Gasteiger charge is 2.13. The number of aliphatic hydroxyl groups excluding tert-OH is 1. The number of hydrogen-bond acceptors (Lipinski definition) is 5. The second kappa shape index (κ2) is 9.92. The predicted octanol–water partition coefficient (Wildman–Crippen LogP) is 0.401. The maximum atomic E-state index is 11.2. The molecule has 2 N–H and O–H groups in total. The first-order chi connectivity index (χ1) is 10.6. The molecular weight excluding hydrogens is 284 g/mol. The van der Waals surface area contributed by atoms with Crippen LogP contribution in [-0.4, -0.2) is 61.3 Å². The second-order valence-corrected chi connectivity index (χ2v) is 4.95. The van der Waals surface area contributed by atoms with Crippen molar-refractivity contribution in [1.82, 2.24) is 10.2 Å². The molecule has 0 saturated carbocycles. The summed E-state index contributed by atoms with van der Waals surface area (Å²) in [6.45, 7) is 6.22. The molecule has 0 fully saturated rings. The van der Waals surface area contributed by atoms with Gasteiger partial charge in [0.25, 0.3) is 0 Å². The Balaban J connectivity index is 2.54. The lowest BCUT2D eigenvalue weighted by molar-refractivity contribution is -0.136. The molecule has 0 aliphatic carbocycles. The number of nitrogens with zero attached hydrogens (tertiary/aromatic N) is 1. The minimum atomic E-state index is -0.694. The van der Waals surface area contributed by atoms with Gasteiger partial charge in [0.2, 0.25) is 6.41 Å². The third-order valence-corrected chi connectivity index (χ3v) is 3.41. The predicted molar refractivity (Wildman–Crippen MR) is 84.1 cm³/mol. The van der Waals surface area contributed by atoms with Crippen molar-refractivity contribution >= 4 is 12.4 Å². The minimum absolute atomic E-state index is 0.192. The molecule has 6 nitrogen and oxygen atoms in total. The number of esters is 1. The van der Waals surface area contributed by atoms with Gasteiger partial charge in [-0.05, 0) is 31.1 Å². The SMILES string of the molecule is CCN(C=O)CCNCC(O)C1=C/C=C/C(=O)OC\C=C\1C. The van der Waals surface area contributed by atoms with Gasteiger partial charge in [-0.2, -0.15) is 0 Å². The van der Waals surface area contributed by atoms with Gasteiger partial charge < -0.3 is 20.1 Å². The molecule has 1 heterocycles. The first-order valence-corrected chi connectivity index (χ1v) is 7.38. The van der Waals surface area contributed by atoms with Gasteiger partial charge in [0.05, 0.1) is 6.10 Å². The Labute approximate surface area is 131 Å². The highest BCUT2D eigenvalue weighted by Crippen LogP contribution is 2.15. The first kappa shape index (κ1) is 18.1. The lowest BCUT2D eigenvalue weighted by atomic mass is 10.0. The average molecular weight is 308 g/mol. The largest absolute Gasteiger partial charge is 0.458 e. The Kier molecular flexibility index (Phi) is 8.17. The molecule has 122 valence electrons. The van der Waals surface area contributed by atoms with Crippen LogP contribution >= 0.6 is 0 Å². The molecule has 1 atom stereocenters. The average Bonchev–Trinajstić information content (AvgIpc) is 2.58. The Morgan fingerprint density at radius 2 is 2.32 bits per heavy atom. The van der Waals surface area contributed by atoms with E-state index in [1.807, 2.05) is 13.8 Å². The van der Waals surface area contributed by atoms with E-state index >= 15 is 0 Å². The summed E-state index contributed by atoms with van der Waals surface area (Å²) >= 11 is 0. The van der Waals surface area contributed by atoms with E-state index in [4.69, 9.17) is 4.74 Å². The van der Waals surface area contributed by atoms with Gasteiger partial charge in [0.15, 0.2) is 0 Å². The summed E-state index contributed by atoms with van der Waals surface area (Å²) in [6.07, 6.45) is 6.51. The van der Waals surface area contributed by atoms with E-state index in [1.165, 1.54) is 6.08 Å². The van der Waals surface area contributed by atoms with E-state index in [0.717, 1.165) is 17.6 Å². The van der Waals surface area contributed by atoms with E-state index in [0.29, 0.717) is 26.2 Å². The summed E-state index contributed by atoms with van der Waals surface area (Å²) in [4.78, 5) is 23.5. The summed E-state index contributed by atoms with van der Waals surface area (Å²) in [5.74, 6) is -0.400. The third-order valence-electron chi connectivity index (χ3n) is 3.41. The maximum absolute atomic E-state index is 11.2. The first-order valence-electron chi connectivity index (χ1n) is 7.38. The van der Waals surface area contributed by atoms with Gasteiger partial charge in [-0.15, -0.1) is 0 Å². The van der Waals surface area contributed by atoms with Crippen LogP contribution in [0.25, 0.3) is 0 Å². The third kappa shape index (κ3) is 6.24. The number of carbonyl (C=O) groups is 2. The van der Waals surface area contributed by atoms with E-state index in [2.05, 4.69) is 5.32 Å². The Bertz CT molecular complexity index is 469. The van der Waals surface area contributed by atoms with Crippen LogP contribution in [0.3, 0.4) is 0 Å². The molecule has 0 aromatic rings. The van der Waals surface area contributed by atoms with Crippen molar-refractivity contribution in [3.63, 3.8) is 0 Å². The molecular formula is C16H24N2O4. The Morgan fingerprint density at radius 1 is 1.55 bits per heavy atom. The summed E-state index contributed by atoms with van der Waals surface area (Å²) in [7, 11) is 0. The van der Waals surface area contributed by atoms with Crippen LogP contribution in [0, 0.1) is 0 Å². The van der Waals surface area contributed by atoms with Gasteiger partial charge in [0, 0.05) is 32.3 Å². The fraction of sp³-hybridized carbons (Fsp3) is 0.500. The lowest BCUT2D eigenvalue weighted by Gasteiger charge is -2.18. The second-order valence-electron chi connectivity index (χ2n) is 4.95. The van der Waals surface area contributed by atoms with E-state index in [9.17, 15) is 14.7 Å². The lowest BCUT2D eigenvalue weighted by Crippen LogP contribution is -2.35. The number of ether oxygens (including phenoxy) is 1. The van der Waals surface area contributed by atoms with E-state index < -0.39 is 12.1 Å². The molecule has 1 unspecified atom stereocenters. The fourth-order valence-electron chi connectivity index (χ4n) is 2.01. The van der Waals surface area contributed by atoms with Gasteiger partial charge in [0.1, 0.15) is 6.61 Å². The topological polar surface area (TPSA) is 78.9 Å². The molecule has 22 heavy (non-hydrogen) atoms. The summed E-state index contributed by atoms with van der Waals surface area (Å²) < 4.78 is 4.94. The summed E-state index contributed by atoms with van der Waals surface area (Å²) in [5.41, 5.74) is 1.61. The number of amides is 1. The van der Waals surface area contributed by atoms with Crippen LogP contribution in [0.4, 0.5) is 0 Å². The number of rotatable bonds is 8. The molecule has 0 aromatic carbocycles. The van der Waals surface area contributed by atoms with Crippen LogP contribution in [0.1, 0.15) is 13.8 Å². The normalized spacial score (nSPS) is 22.8.